The van der Waals surface area contributed by atoms with Crippen LogP contribution < -0.4 is 4.90 Å². The van der Waals surface area contributed by atoms with Gasteiger partial charge in [-0.15, -0.1) is 0 Å². The summed E-state index contributed by atoms with van der Waals surface area (Å²) in [5.74, 6) is -0.0433. The number of fused-ring (bicyclic) bond motifs is 1. The molecule has 21 heavy (non-hydrogen) atoms. The molecule has 2 aromatic carbocycles. The van der Waals surface area contributed by atoms with E-state index in [1.165, 1.54) is 0 Å². The molecule has 0 fully saturated rings. The van der Waals surface area contributed by atoms with Crippen LogP contribution in [0.5, 0.6) is 0 Å². The Morgan fingerprint density at radius 3 is 2.33 bits per heavy atom. The highest BCUT2D eigenvalue weighted by Crippen LogP contribution is 2.20. The van der Waals surface area contributed by atoms with Gasteiger partial charge in [0.25, 0.3) is 5.91 Å². The molecule has 1 aromatic heterocycles. The Hall–Kier alpha value is -2.75. The van der Waals surface area contributed by atoms with E-state index in [0.717, 1.165) is 22.3 Å². The second kappa shape index (κ2) is 5.32. The molecule has 104 valence electrons. The van der Waals surface area contributed by atoms with Crippen LogP contribution >= 0.6 is 0 Å². The molecule has 0 unspecified atom stereocenters. The van der Waals surface area contributed by atoms with E-state index in [1.807, 2.05) is 49.4 Å². The van der Waals surface area contributed by atoms with Crippen LogP contribution in [0.25, 0.3) is 11.0 Å². The van der Waals surface area contributed by atoms with Crippen molar-refractivity contribution in [2.45, 2.75) is 6.92 Å². The Bertz CT molecular complexity index is 796. The Balaban J connectivity index is 1.93. The molecule has 1 amide bonds. The van der Waals surface area contributed by atoms with Crippen molar-refractivity contribution in [1.29, 1.82) is 0 Å². The van der Waals surface area contributed by atoms with Crippen molar-refractivity contribution in [3.05, 3.63) is 66.0 Å². The van der Waals surface area contributed by atoms with Gasteiger partial charge < -0.3 is 4.90 Å². The number of anilines is 1. The maximum absolute atomic E-state index is 12.5. The topological polar surface area (TPSA) is 46.1 Å². The molecule has 4 heteroatoms. The highest BCUT2D eigenvalue weighted by molar-refractivity contribution is 6.06. The number of aromatic nitrogens is 2. The second-order valence-electron chi connectivity index (χ2n) is 4.96. The maximum atomic E-state index is 12.5. The predicted molar refractivity (Wildman–Crippen MR) is 83.5 cm³/mol. The molecule has 0 saturated carbocycles. The highest BCUT2D eigenvalue weighted by Gasteiger charge is 2.13. The van der Waals surface area contributed by atoms with Crippen molar-refractivity contribution in [3.63, 3.8) is 0 Å². The SMILES string of the molecule is Cc1ccc(C(=O)N(C)c2ccc3nccnc3c2)cc1. The minimum absolute atomic E-state index is 0.0433. The number of aryl methyl sites for hydroxylation is 1. The van der Waals surface area contributed by atoms with Gasteiger partial charge in [-0.05, 0) is 37.3 Å². The van der Waals surface area contributed by atoms with Crippen LogP contribution in [0.2, 0.25) is 0 Å². The van der Waals surface area contributed by atoms with Crippen molar-refractivity contribution in [2.24, 2.45) is 0 Å². The van der Waals surface area contributed by atoms with Gasteiger partial charge in [0, 0.05) is 30.7 Å². The van der Waals surface area contributed by atoms with E-state index in [-0.39, 0.29) is 5.91 Å². The third-order valence-electron chi connectivity index (χ3n) is 3.44. The zero-order valence-electron chi connectivity index (χ0n) is 11.9. The first-order valence-electron chi connectivity index (χ1n) is 6.70. The molecular formula is C17H15N3O. The minimum atomic E-state index is -0.0433. The van der Waals surface area contributed by atoms with E-state index in [1.54, 1.807) is 24.3 Å². The molecule has 0 N–H and O–H groups in total. The molecule has 4 nitrogen and oxygen atoms in total. The molecule has 0 aliphatic rings. The standard InChI is InChI=1S/C17H15N3O/c1-12-3-5-13(6-4-12)17(21)20(2)14-7-8-15-16(11-14)19-10-9-18-15/h3-11H,1-2H3. The summed E-state index contributed by atoms with van der Waals surface area (Å²) in [5, 5.41) is 0. The molecule has 0 radical (unpaired) electrons. The lowest BCUT2D eigenvalue weighted by Gasteiger charge is -2.17. The van der Waals surface area contributed by atoms with E-state index in [4.69, 9.17) is 0 Å². The normalized spacial score (nSPS) is 10.6. The van der Waals surface area contributed by atoms with Crippen LogP contribution in [-0.4, -0.2) is 22.9 Å². The third-order valence-corrected chi connectivity index (χ3v) is 3.44. The maximum Gasteiger partial charge on any atom is 0.258 e. The molecule has 0 bridgehead atoms. The van der Waals surface area contributed by atoms with Gasteiger partial charge in [-0.2, -0.15) is 0 Å². The fourth-order valence-electron chi connectivity index (χ4n) is 2.17. The van der Waals surface area contributed by atoms with Crippen LogP contribution in [0.15, 0.2) is 54.9 Å². The molecule has 0 spiro atoms. The monoisotopic (exact) mass is 277 g/mol. The summed E-state index contributed by atoms with van der Waals surface area (Å²) < 4.78 is 0. The second-order valence-corrected chi connectivity index (χ2v) is 4.96. The number of rotatable bonds is 2. The first kappa shape index (κ1) is 13.2. The van der Waals surface area contributed by atoms with E-state index >= 15 is 0 Å². The molecule has 0 aliphatic heterocycles. The number of hydrogen-bond donors (Lipinski definition) is 0. The molecule has 3 aromatic rings. The minimum Gasteiger partial charge on any atom is -0.311 e. The molecule has 0 atom stereocenters. The van der Waals surface area contributed by atoms with Crippen molar-refractivity contribution < 1.29 is 4.79 Å². The Morgan fingerprint density at radius 1 is 0.952 bits per heavy atom. The van der Waals surface area contributed by atoms with Crippen LogP contribution in [0.4, 0.5) is 5.69 Å². The third kappa shape index (κ3) is 2.60. The Kier molecular flexibility index (Phi) is 3.36. The van der Waals surface area contributed by atoms with Gasteiger partial charge in [0.2, 0.25) is 0 Å². The lowest BCUT2D eigenvalue weighted by Crippen LogP contribution is -2.26. The molecule has 0 saturated heterocycles. The predicted octanol–water partition coefficient (Wildman–Crippen LogP) is 3.21. The van der Waals surface area contributed by atoms with Crippen LogP contribution in [-0.2, 0) is 0 Å². The van der Waals surface area contributed by atoms with Crippen LogP contribution in [0.3, 0.4) is 0 Å². The summed E-state index contributed by atoms with van der Waals surface area (Å²) in [6.45, 7) is 2.00. The number of carbonyl (C=O) groups is 1. The lowest BCUT2D eigenvalue weighted by atomic mass is 10.1. The Morgan fingerprint density at radius 2 is 1.62 bits per heavy atom. The van der Waals surface area contributed by atoms with Gasteiger partial charge in [0.1, 0.15) is 0 Å². The van der Waals surface area contributed by atoms with E-state index in [2.05, 4.69) is 9.97 Å². The first-order chi connectivity index (χ1) is 10.1. The van der Waals surface area contributed by atoms with Gasteiger partial charge >= 0.3 is 0 Å². The zero-order chi connectivity index (χ0) is 14.8. The van der Waals surface area contributed by atoms with Gasteiger partial charge in [-0.1, -0.05) is 17.7 Å². The highest BCUT2D eigenvalue weighted by atomic mass is 16.2. The molecule has 1 heterocycles. The van der Waals surface area contributed by atoms with Crippen molar-refractivity contribution in [2.75, 3.05) is 11.9 Å². The quantitative estimate of drug-likeness (QED) is 0.722. The van der Waals surface area contributed by atoms with E-state index in [9.17, 15) is 4.79 Å². The van der Waals surface area contributed by atoms with E-state index < -0.39 is 0 Å². The number of nitrogens with zero attached hydrogens (tertiary/aromatic N) is 3. The number of benzene rings is 2. The number of hydrogen-bond acceptors (Lipinski definition) is 3. The van der Waals surface area contributed by atoms with Gasteiger partial charge in [-0.3, -0.25) is 14.8 Å². The fourth-order valence-corrected chi connectivity index (χ4v) is 2.17. The fraction of sp³-hybridized carbons (Fsp3) is 0.118. The van der Waals surface area contributed by atoms with Gasteiger partial charge in [-0.25, -0.2) is 0 Å². The first-order valence-corrected chi connectivity index (χ1v) is 6.70. The van der Waals surface area contributed by atoms with E-state index in [0.29, 0.717) is 5.56 Å². The summed E-state index contributed by atoms with van der Waals surface area (Å²) in [5.41, 5.74) is 4.20. The van der Waals surface area contributed by atoms with Crippen molar-refractivity contribution in [1.82, 2.24) is 9.97 Å². The Labute approximate surface area is 123 Å². The number of carbonyl (C=O) groups excluding carboxylic acids is 1. The summed E-state index contributed by atoms with van der Waals surface area (Å²) in [6.07, 6.45) is 3.30. The average molecular weight is 277 g/mol. The summed E-state index contributed by atoms with van der Waals surface area (Å²) in [4.78, 5) is 22.6. The van der Waals surface area contributed by atoms with Crippen LogP contribution in [0, 0.1) is 6.92 Å². The average Bonchev–Trinajstić information content (AvgIpc) is 2.54. The zero-order valence-corrected chi connectivity index (χ0v) is 11.9. The van der Waals surface area contributed by atoms with Crippen LogP contribution in [0.1, 0.15) is 15.9 Å². The molecular weight excluding hydrogens is 262 g/mol. The molecule has 0 aliphatic carbocycles. The summed E-state index contributed by atoms with van der Waals surface area (Å²) in [6, 6.07) is 13.2. The summed E-state index contributed by atoms with van der Waals surface area (Å²) >= 11 is 0. The smallest absolute Gasteiger partial charge is 0.258 e. The number of amides is 1. The van der Waals surface area contributed by atoms with Crippen molar-refractivity contribution in [3.8, 4) is 0 Å². The molecule has 3 rings (SSSR count). The van der Waals surface area contributed by atoms with Crippen molar-refractivity contribution >= 4 is 22.6 Å². The lowest BCUT2D eigenvalue weighted by molar-refractivity contribution is 0.0993. The van der Waals surface area contributed by atoms with Gasteiger partial charge in [0.05, 0.1) is 11.0 Å². The summed E-state index contributed by atoms with van der Waals surface area (Å²) in [7, 11) is 1.76. The van der Waals surface area contributed by atoms with Gasteiger partial charge in [0.15, 0.2) is 0 Å². The largest absolute Gasteiger partial charge is 0.311 e.